The van der Waals surface area contributed by atoms with Crippen LogP contribution in [0.1, 0.15) is 12.8 Å². The number of aromatic nitrogens is 2. The zero-order valence-corrected chi connectivity index (χ0v) is 12.8. The third kappa shape index (κ3) is 3.38. The van der Waals surface area contributed by atoms with Gasteiger partial charge in [-0.3, -0.25) is 4.84 Å². The summed E-state index contributed by atoms with van der Waals surface area (Å²) in [4.78, 5) is 25.7. The number of hydrogen-bond donors (Lipinski definition) is 3. The van der Waals surface area contributed by atoms with Crippen LogP contribution in [-0.4, -0.2) is 49.5 Å². The number of H-pyrrole nitrogens is 2. The number of aromatic amines is 2. The van der Waals surface area contributed by atoms with Gasteiger partial charge in [-0.05, 0) is 44.1 Å². The van der Waals surface area contributed by atoms with Crippen LogP contribution in [0.25, 0.3) is 11.0 Å². The van der Waals surface area contributed by atoms with E-state index in [1.807, 2.05) is 0 Å². The summed E-state index contributed by atoms with van der Waals surface area (Å²) >= 11 is 0. The molecular weight excluding hydrogens is 308 g/mol. The lowest BCUT2D eigenvalue weighted by Gasteiger charge is -2.14. The van der Waals surface area contributed by atoms with Crippen LogP contribution < -0.4 is 10.6 Å². The van der Waals surface area contributed by atoms with Crippen LogP contribution in [0.15, 0.2) is 27.9 Å². The molecule has 3 N–H and O–H groups in total. The van der Waals surface area contributed by atoms with Gasteiger partial charge in [0.25, 0.3) is 10.0 Å². The van der Waals surface area contributed by atoms with Crippen LogP contribution in [0, 0.1) is 0 Å². The molecule has 0 spiro atoms. The van der Waals surface area contributed by atoms with Gasteiger partial charge in [-0.1, -0.05) is 4.89 Å². The van der Waals surface area contributed by atoms with Crippen LogP contribution in [0.4, 0.5) is 0 Å². The Balaban J connectivity index is 1.61. The second-order valence-corrected chi connectivity index (χ2v) is 6.92. The van der Waals surface area contributed by atoms with Crippen molar-refractivity contribution in [3.05, 3.63) is 28.7 Å². The number of benzene rings is 1. The zero-order chi connectivity index (χ0) is 15.6. The van der Waals surface area contributed by atoms with E-state index in [9.17, 15) is 13.2 Å². The van der Waals surface area contributed by atoms with Gasteiger partial charge in [-0.25, -0.2) is 13.2 Å². The van der Waals surface area contributed by atoms with Crippen molar-refractivity contribution >= 4 is 21.1 Å². The minimum atomic E-state index is -3.76. The van der Waals surface area contributed by atoms with Gasteiger partial charge < -0.3 is 14.9 Å². The summed E-state index contributed by atoms with van der Waals surface area (Å²) in [5.74, 6) is 0. The monoisotopic (exact) mass is 326 g/mol. The minimum Gasteiger partial charge on any atom is -0.306 e. The number of likely N-dealkylation sites (tertiary alicyclic amines) is 1. The minimum absolute atomic E-state index is 0.0384. The summed E-state index contributed by atoms with van der Waals surface area (Å²) in [5.41, 5.74) is 0.614. The molecule has 1 saturated heterocycles. The Bertz CT molecular complexity index is 805. The lowest BCUT2D eigenvalue weighted by Crippen LogP contribution is -2.30. The van der Waals surface area contributed by atoms with Crippen LogP contribution in [0.2, 0.25) is 0 Å². The number of imidazole rings is 1. The van der Waals surface area contributed by atoms with Crippen molar-refractivity contribution in [2.75, 3.05) is 26.2 Å². The van der Waals surface area contributed by atoms with Crippen molar-refractivity contribution < 1.29 is 13.3 Å². The molecule has 0 unspecified atom stereocenters. The Labute approximate surface area is 127 Å². The number of sulfonamides is 1. The number of fused-ring (bicyclic) bond motifs is 1. The second-order valence-electron chi connectivity index (χ2n) is 5.27. The summed E-state index contributed by atoms with van der Waals surface area (Å²) < 4.78 is 24.3. The smallest absolute Gasteiger partial charge is 0.306 e. The van der Waals surface area contributed by atoms with E-state index in [1.165, 1.54) is 31.0 Å². The van der Waals surface area contributed by atoms with E-state index in [0.717, 1.165) is 13.1 Å². The Morgan fingerprint density at radius 1 is 1.18 bits per heavy atom. The van der Waals surface area contributed by atoms with E-state index in [-0.39, 0.29) is 10.6 Å². The predicted molar refractivity (Wildman–Crippen MR) is 80.9 cm³/mol. The fraction of sp³-hybridized carbons (Fsp3) is 0.462. The summed E-state index contributed by atoms with van der Waals surface area (Å²) in [6.07, 6.45) is 2.36. The maximum atomic E-state index is 12.1. The van der Waals surface area contributed by atoms with Crippen molar-refractivity contribution in [3.63, 3.8) is 0 Å². The zero-order valence-electron chi connectivity index (χ0n) is 12.0. The normalized spacial score (nSPS) is 16.5. The summed E-state index contributed by atoms with van der Waals surface area (Å²) in [6.45, 7) is 3.07. The van der Waals surface area contributed by atoms with Crippen molar-refractivity contribution in [1.29, 1.82) is 0 Å². The van der Waals surface area contributed by atoms with Gasteiger partial charge in [0.2, 0.25) is 0 Å². The SMILES string of the molecule is O=c1[nH]c2ccc(S(=O)(=O)NOCCN3CCCC3)cc2[nH]1. The predicted octanol–water partition coefficient (Wildman–Crippen LogP) is 0.162. The first-order valence-corrected chi connectivity index (χ1v) is 8.61. The van der Waals surface area contributed by atoms with E-state index < -0.39 is 10.0 Å². The van der Waals surface area contributed by atoms with E-state index in [1.54, 1.807) is 0 Å². The molecule has 0 bridgehead atoms. The molecule has 1 aromatic carbocycles. The average molecular weight is 326 g/mol. The molecule has 1 aliphatic heterocycles. The van der Waals surface area contributed by atoms with Gasteiger partial charge in [-0.15, -0.1) is 0 Å². The molecule has 0 aliphatic carbocycles. The molecule has 22 heavy (non-hydrogen) atoms. The van der Waals surface area contributed by atoms with Crippen molar-refractivity contribution in [3.8, 4) is 0 Å². The standard InChI is InChI=1S/C13H18N4O4S/c18-13-14-11-4-3-10(9-12(11)15-13)22(19,20)16-21-8-7-17-5-1-2-6-17/h3-4,9,16H,1-2,5-8H2,(H2,14,15,18). The lowest BCUT2D eigenvalue weighted by atomic mass is 10.3. The van der Waals surface area contributed by atoms with Gasteiger partial charge in [-0.2, -0.15) is 0 Å². The maximum Gasteiger partial charge on any atom is 0.323 e. The molecule has 1 fully saturated rings. The largest absolute Gasteiger partial charge is 0.323 e. The van der Waals surface area contributed by atoms with Crippen LogP contribution in [-0.2, 0) is 14.9 Å². The summed E-state index contributed by atoms with van der Waals surface area (Å²) in [5, 5.41) is 0. The van der Waals surface area contributed by atoms with Gasteiger partial charge >= 0.3 is 5.69 Å². The molecule has 120 valence electrons. The molecule has 8 nitrogen and oxygen atoms in total. The Morgan fingerprint density at radius 3 is 2.68 bits per heavy atom. The van der Waals surface area contributed by atoms with E-state index in [4.69, 9.17) is 4.84 Å². The summed E-state index contributed by atoms with van der Waals surface area (Å²) in [7, 11) is -3.76. The molecular formula is C13H18N4O4S. The second kappa shape index (κ2) is 6.21. The highest BCUT2D eigenvalue weighted by Gasteiger charge is 2.16. The first kappa shape index (κ1) is 15.2. The number of nitrogens with one attached hydrogen (secondary N) is 3. The average Bonchev–Trinajstić information content (AvgIpc) is 3.10. The molecule has 3 rings (SSSR count). The van der Waals surface area contributed by atoms with Gasteiger partial charge in [0.05, 0.1) is 22.5 Å². The molecule has 1 aromatic heterocycles. The number of rotatable bonds is 6. The fourth-order valence-corrected chi connectivity index (χ4v) is 3.38. The van der Waals surface area contributed by atoms with Crippen molar-refractivity contribution in [1.82, 2.24) is 19.8 Å². The van der Waals surface area contributed by atoms with Gasteiger partial charge in [0.1, 0.15) is 0 Å². The highest BCUT2D eigenvalue weighted by molar-refractivity contribution is 7.89. The van der Waals surface area contributed by atoms with Gasteiger partial charge in [0, 0.05) is 6.54 Å². The molecule has 2 aromatic rings. The number of hydrogen-bond acceptors (Lipinski definition) is 5. The number of nitrogens with zero attached hydrogens (tertiary/aromatic N) is 1. The molecule has 0 radical (unpaired) electrons. The van der Waals surface area contributed by atoms with Crippen molar-refractivity contribution in [2.45, 2.75) is 17.7 Å². The molecule has 0 saturated carbocycles. The highest BCUT2D eigenvalue weighted by atomic mass is 32.2. The van der Waals surface area contributed by atoms with Crippen molar-refractivity contribution in [2.24, 2.45) is 0 Å². The third-order valence-corrected chi connectivity index (χ3v) is 4.89. The van der Waals surface area contributed by atoms with E-state index in [0.29, 0.717) is 24.2 Å². The summed E-state index contributed by atoms with van der Waals surface area (Å²) in [6, 6.07) is 4.34. The van der Waals surface area contributed by atoms with E-state index >= 15 is 0 Å². The van der Waals surface area contributed by atoms with E-state index in [2.05, 4.69) is 19.8 Å². The first-order chi connectivity index (χ1) is 10.5. The first-order valence-electron chi connectivity index (χ1n) is 7.13. The molecule has 0 amide bonds. The Morgan fingerprint density at radius 2 is 1.91 bits per heavy atom. The molecule has 1 aliphatic rings. The molecule has 0 atom stereocenters. The van der Waals surface area contributed by atoms with Crippen LogP contribution >= 0.6 is 0 Å². The fourth-order valence-electron chi connectivity index (χ4n) is 2.53. The lowest BCUT2D eigenvalue weighted by molar-refractivity contribution is 0.0756. The molecule has 9 heteroatoms. The highest BCUT2D eigenvalue weighted by Crippen LogP contribution is 2.14. The van der Waals surface area contributed by atoms with Crippen LogP contribution in [0.3, 0.4) is 0 Å². The maximum absolute atomic E-state index is 12.1. The topological polar surface area (TPSA) is 107 Å². The Hall–Kier alpha value is -1.68. The van der Waals surface area contributed by atoms with Crippen LogP contribution in [0.5, 0.6) is 0 Å². The molecule has 2 heterocycles. The third-order valence-electron chi connectivity index (χ3n) is 3.67. The quantitative estimate of drug-likeness (QED) is 0.518. The van der Waals surface area contributed by atoms with Gasteiger partial charge in [0.15, 0.2) is 0 Å². The Kier molecular flexibility index (Phi) is 4.30.